The van der Waals surface area contributed by atoms with Crippen molar-refractivity contribution in [2.75, 3.05) is 7.11 Å². The van der Waals surface area contributed by atoms with Crippen LogP contribution >= 0.6 is 11.3 Å². The van der Waals surface area contributed by atoms with Crippen molar-refractivity contribution in [2.24, 2.45) is 0 Å². The van der Waals surface area contributed by atoms with Gasteiger partial charge >= 0.3 is 5.97 Å². The van der Waals surface area contributed by atoms with Crippen LogP contribution in [-0.4, -0.2) is 19.0 Å². The number of esters is 1. The molecule has 2 aromatic rings. The Bertz CT molecular complexity index is 610. The van der Waals surface area contributed by atoms with Crippen LogP contribution in [0.15, 0.2) is 41.1 Å². The van der Waals surface area contributed by atoms with Gasteiger partial charge in [0, 0.05) is 5.38 Å². The van der Waals surface area contributed by atoms with Crippen LogP contribution in [0.4, 0.5) is 4.39 Å². The number of hydrogen-bond donors (Lipinski definition) is 1. The predicted octanol–water partition coefficient (Wildman–Crippen LogP) is 2.92. The molecule has 1 amide bonds. The first-order valence-corrected chi connectivity index (χ1v) is 7.20. The zero-order valence-electron chi connectivity index (χ0n) is 11.3. The summed E-state index contributed by atoms with van der Waals surface area (Å²) in [6.07, 6.45) is -0.0159. The molecule has 0 saturated heterocycles. The third-order valence-electron chi connectivity index (χ3n) is 2.96. The van der Waals surface area contributed by atoms with Crippen molar-refractivity contribution in [3.63, 3.8) is 0 Å². The fourth-order valence-electron chi connectivity index (χ4n) is 1.83. The van der Waals surface area contributed by atoms with Gasteiger partial charge in [-0.2, -0.15) is 11.3 Å². The fraction of sp³-hybridized carbons (Fsp3) is 0.200. The molecular formula is C15H14FNO3S. The Labute approximate surface area is 125 Å². The van der Waals surface area contributed by atoms with Gasteiger partial charge in [-0.25, -0.2) is 4.39 Å². The number of ether oxygens (including phenoxy) is 1. The molecule has 1 heterocycles. The van der Waals surface area contributed by atoms with Crippen molar-refractivity contribution in [1.29, 1.82) is 0 Å². The van der Waals surface area contributed by atoms with E-state index in [1.807, 2.05) is 0 Å². The molecule has 0 bridgehead atoms. The first-order chi connectivity index (χ1) is 10.1. The number of thiophene rings is 1. The second kappa shape index (κ2) is 6.99. The van der Waals surface area contributed by atoms with Gasteiger partial charge in [0.1, 0.15) is 5.82 Å². The molecule has 0 aliphatic heterocycles. The van der Waals surface area contributed by atoms with Gasteiger partial charge in [0.05, 0.1) is 25.1 Å². The van der Waals surface area contributed by atoms with E-state index in [0.29, 0.717) is 11.1 Å². The second-order valence-electron chi connectivity index (χ2n) is 4.37. The van der Waals surface area contributed by atoms with Crippen LogP contribution in [0, 0.1) is 5.82 Å². The molecule has 0 aliphatic rings. The molecule has 110 valence electrons. The highest BCUT2D eigenvalue weighted by Gasteiger charge is 2.20. The van der Waals surface area contributed by atoms with Crippen molar-refractivity contribution in [1.82, 2.24) is 5.32 Å². The molecule has 1 aromatic carbocycles. The van der Waals surface area contributed by atoms with E-state index < -0.39 is 12.0 Å². The van der Waals surface area contributed by atoms with Crippen LogP contribution in [0.1, 0.15) is 28.4 Å². The van der Waals surface area contributed by atoms with E-state index in [1.54, 1.807) is 16.8 Å². The van der Waals surface area contributed by atoms with Crippen LogP contribution in [0.2, 0.25) is 0 Å². The van der Waals surface area contributed by atoms with E-state index >= 15 is 0 Å². The molecule has 0 radical (unpaired) electrons. The minimum absolute atomic E-state index is 0.0159. The van der Waals surface area contributed by atoms with E-state index in [0.717, 1.165) is 0 Å². The highest BCUT2D eigenvalue weighted by atomic mass is 32.1. The van der Waals surface area contributed by atoms with Gasteiger partial charge in [-0.15, -0.1) is 0 Å². The average molecular weight is 307 g/mol. The van der Waals surface area contributed by atoms with Gasteiger partial charge in [0.2, 0.25) is 0 Å². The van der Waals surface area contributed by atoms with Gasteiger partial charge in [-0.3, -0.25) is 9.59 Å². The summed E-state index contributed by atoms with van der Waals surface area (Å²) in [6.45, 7) is 0. The van der Waals surface area contributed by atoms with Crippen LogP contribution in [0.3, 0.4) is 0 Å². The van der Waals surface area contributed by atoms with E-state index in [9.17, 15) is 14.0 Å². The Hall–Kier alpha value is -2.21. The molecule has 2 rings (SSSR count). The highest BCUT2D eigenvalue weighted by Crippen LogP contribution is 2.19. The molecule has 6 heteroatoms. The Morgan fingerprint density at radius 1 is 1.29 bits per heavy atom. The zero-order chi connectivity index (χ0) is 15.2. The van der Waals surface area contributed by atoms with Crippen molar-refractivity contribution < 1.29 is 18.7 Å². The normalized spacial score (nSPS) is 11.7. The summed E-state index contributed by atoms with van der Waals surface area (Å²) < 4.78 is 17.6. The zero-order valence-corrected chi connectivity index (χ0v) is 12.2. The summed E-state index contributed by atoms with van der Waals surface area (Å²) in [6, 6.07) is 6.78. The van der Waals surface area contributed by atoms with E-state index in [4.69, 9.17) is 0 Å². The molecule has 0 aliphatic carbocycles. The highest BCUT2D eigenvalue weighted by molar-refractivity contribution is 7.08. The third-order valence-corrected chi connectivity index (χ3v) is 3.64. The Morgan fingerprint density at radius 2 is 2.00 bits per heavy atom. The SMILES string of the molecule is COC(=O)CC(NC(=O)c1ccsc1)c1ccc(F)cc1. The molecule has 0 spiro atoms. The maximum atomic E-state index is 13.0. The lowest BCUT2D eigenvalue weighted by atomic mass is 10.0. The monoisotopic (exact) mass is 307 g/mol. The number of hydrogen-bond acceptors (Lipinski definition) is 4. The van der Waals surface area contributed by atoms with Gasteiger partial charge in [-0.05, 0) is 29.1 Å². The van der Waals surface area contributed by atoms with Crippen LogP contribution < -0.4 is 5.32 Å². The molecule has 0 saturated carbocycles. The van der Waals surface area contributed by atoms with Crippen LogP contribution in [0.25, 0.3) is 0 Å². The number of rotatable bonds is 5. The molecule has 21 heavy (non-hydrogen) atoms. The number of amides is 1. The number of carbonyl (C=O) groups excluding carboxylic acids is 2. The summed E-state index contributed by atoms with van der Waals surface area (Å²) in [4.78, 5) is 23.6. The number of carbonyl (C=O) groups is 2. The quantitative estimate of drug-likeness (QED) is 0.864. The van der Waals surface area contributed by atoms with Crippen molar-refractivity contribution >= 4 is 23.2 Å². The number of nitrogens with one attached hydrogen (secondary N) is 1. The molecule has 1 aromatic heterocycles. The minimum atomic E-state index is -0.564. The number of methoxy groups -OCH3 is 1. The lowest BCUT2D eigenvalue weighted by Gasteiger charge is -2.18. The topological polar surface area (TPSA) is 55.4 Å². The number of benzene rings is 1. The smallest absolute Gasteiger partial charge is 0.307 e. The van der Waals surface area contributed by atoms with Crippen LogP contribution in [-0.2, 0) is 9.53 Å². The van der Waals surface area contributed by atoms with Gasteiger partial charge in [0.25, 0.3) is 5.91 Å². The van der Waals surface area contributed by atoms with Gasteiger partial charge in [0.15, 0.2) is 0 Å². The number of halogens is 1. The lowest BCUT2D eigenvalue weighted by molar-refractivity contribution is -0.141. The van der Waals surface area contributed by atoms with E-state index in [1.165, 1.54) is 42.7 Å². The van der Waals surface area contributed by atoms with E-state index in [-0.39, 0.29) is 18.1 Å². The van der Waals surface area contributed by atoms with Gasteiger partial charge in [-0.1, -0.05) is 12.1 Å². The molecular weight excluding hydrogens is 293 g/mol. The molecule has 4 nitrogen and oxygen atoms in total. The molecule has 1 unspecified atom stereocenters. The van der Waals surface area contributed by atoms with Crippen LogP contribution in [0.5, 0.6) is 0 Å². The van der Waals surface area contributed by atoms with E-state index in [2.05, 4.69) is 10.1 Å². The summed E-state index contributed by atoms with van der Waals surface area (Å²) >= 11 is 1.41. The Kier molecular flexibility index (Phi) is 5.05. The summed E-state index contributed by atoms with van der Waals surface area (Å²) in [5.41, 5.74) is 1.17. The van der Waals surface area contributed by atoms with Crippen molar-refractivity contribution in [2.45, 2.75) is 12.5 Å². The third kappa shape index (κ3) is 4.13. The first kappa shape index (κ1) is 15.2. The largest absolute Gasteiger partial charge is 0.469 e. The minimum Gasteiger partial charge on any atom is -0.469 e. The first-order valence-electron chi connectivity index (χ1n) is 6.25. The summed E-state index contributed by atoms with van der Waals surface area (Å²) in [5.74, 6) is -1.11. The average Bonchev–Trinajstić information content (AvgIpc) is 3.01. The standard InChI is InChI=1S/C15H14FNO3S/c1-20-14(18)8-13(10-2-4-12(16)5-3-10)17-15(19)11-6-7-21-9-11/h2-7,9,13H,8H2,1H3,(H,17,19). The second-order valence-corrected chi connectivity index (χ2v) is 5.15. The summed E-state index contributed by atoms with van der Waals surface area (Å²) in [7, 11) is 1.28. The fourth-order valence-corrected chi connectivity index (χ4v) is 2.47. The Balaban J connectivity index is 2.17. The van der Waals surface area contributed by atoms with Gasteiger partial charge < -0.3 is 10.1 Å². The van der Waals surface area contributed by atoms with Crippen molar-refractivity contribution in [3.8, 4) is 0 Å². The van der Waals surface area contributed by atoms with Crippen molar-refractivity contribution in [3.05, 3.63) is 58.0 Å². The molecule has 1 atom stereocenters. The molecule has 0 fully saturated rings. The maximum Gasteiger partial charge on any atom is 0.307 e. The maximum absolute atomic E-state index is 13.0. The summed E-state index contributed by atoms with van der Waals surface area (Å²) in [5, 5.41) is 6.28. The predicted molar refractivity (Wildman–Crippen MR) is 77.6 cm³/mol. The lowest BCUT2D eigenvalue weighted by Crippen LogP contribution is -2.30. The molecule has 1 N–H and O–H groups in total. The Morgan fingerprint density at radius 3 is 2.57 bits per heavy atom.